The van der Waals surface area contributed by atoms with E-state index in [9.17, 15) is 0 Å². The van der Waals surface area contributed by atoms with Crippen molar-refractivity contribution in [2.75, 3.05) is 5.73 Å². The van der Waals surface area contributed by atoms with Gasteiger partial charge < -0.3 is 10.8 Å². The Bertz CT molecular complexity index is 275. The van der Waals surface area contributed by atoms with Crippen molar-refractivity contribution >= 4 is 28.9 Å². The maximum absolute atomic E-state index is 8.77. The number of hydrogen-bond donors (Lipinski definition) is 2. The predicted molar refractivity (Wildman–Crippen MR) is 46.8 cm³/mol. The lowest BCUT2D eigenvalue weighted by Gasteiger charge is -2.03. The van der Waals surface area contributed by atoms with Crippen molar-refractivity contribution in [1.29, 1.82) is 0 Å². The molecule has 0 amide bonds. The van der Waals surface area contributed by atoms with Crippen molar-refractivity contribution in [3.63, 3.8) is 0 Å². The van der Waals surface area contributed by atoms with Gasteiger partial charge in [0.1, 0.15) is 0 Å². The zero-order valence-corrected chi connectivity index (χ0v) is 7.15. The fraction of sp³-hybridized carbons (Fsp3) is 0.143. The summed E-state index contributed by atoms with van der Waals surface area (Å²) in [6.07, 6.45) is 0. The summed E-state index contributed by atoms with van der Waals surface area (Å²) < 4.78 is 0. The predicted octanol–water partition coefficient (Wildman–Crippen LogP) is 2.07. The molecule has 0 unspecified atom stereocenters. The Hall–Kier alpha value is -0.440. The molecule has 0 spiro atoms. The second kappa shape index (κ2) is 3.30. The largest absolute Gasteiger partial charge is 0.397 e. The van der Waals surface area contributed by atoms with Crippen LogP contribution in [0, 0.1) is 0 Å². The molecule has 1 rings (SSSR count). The Morgan fingerprint density at radius 3 is 2.55 bits per heavy atom. The zero-order valence-electron chi connectivity index (χ0n) is 5.64. The molecule has 0 atom stereocenters. The van der Waals surface area contributed by atoms with E-state index in [4.69, 9.17) is 34.0 Å². The van der Waals surface area contributed by atoms with E-state index in [1.807, 2.05) is 0 Å². The molecule has 11 heavy (non-hydrogen) atoms. The molecule has 0 aromatic heterocycles. The van der Waals surface area contributed by atoms with Crippen LogP contribution in [0.3, 0.4) is 0 Å². The fourth-order valence-corrected chi connectivity index (χ4v) is 1.20. The Balaban J connectivity index is 3.24. The van der Waals surface area contributed by atoms with Crippen LogP contribution < -0.4 is 5.73 Å². The number of rotatable bonds is 1. The Labute approximate surface area is 74.5 Å². The van der Waals surface area contributed by atoms with Gasteiger partial charge in [-0.1, -0.05) is 23.2 Å². The molecule has 1 aromatic rings. The van der Waals surface area contributed by atoms with Crippen molar-refractivity contribution in [3.8, 4) is 0 Å². The van der Waals surface area contributed by atoms with Crippen LogP contribution in [0.2, 0.25) is 10.0 Å². The second-order valence-electron chi connectivity index (χ2n) is 2.13. The molecule has 0 radical (unpaired) electrons. The Morgan fingerprint density at radius 1 is 1.36 bits per heavy atom. The Kier molecular flexibility index (Phi) is 2.60. The van der Waals surface area contributed by atoms with E-state index in [1.54, 1.807) is 12.1 Å². The third kappa shape index (κ3) is 1.77. The summed E-state index contributed by atoms with van der Waals surface area (Å²) in [6, 6.07) is 3.13. The van der Waals surface area contributed by atoms with E-state index in [1.165, 1.54) is 0 Å². The minimum atomic E-state index is -0.149. The van der Waals surface area contributed by atoms with Crippen molar-refractivity contribution in [3.05, 3.63) is 27.7 Å². The first kappa shape index (κ1) is 8.65. The van der Waals surface area contributed by atoms with Crippen LogP contribution in [-0.4, -0.2) is 5.11 Å². The van der Waals surface area contributed by atoms with Gasteiger partial charge in [-0.25, -0.2) is 0 Å². The summed E-state index contributed by atoms with van der Waals surface area (Å²) >= 11 is 11.4. The molecule has 0 saturated heterocycles. The molecule has 3 N–H and O–H groups in total. The van der Waals surface area contributed by atoms with Crippen LogP contribution >= 0.6 is 23.2 Å². The van der Waals surface area contributed by atoms with Gasteiger partial charge in [-0.2, -0.15) is 0 Å². The molecule has 0 aliphatic rings. The topological polar surface area (TPSA) is 46.2 Å². The molecular weight excluding hydrogens is 185 g/mol. The number of halogens is 2. The molecule has 0 fully saturated rings. The highest BCUT2D eigenvalue weighted by atomic mass is 35.5. The number of benzene rings is 1. The van der Waals surface area contributed by atoms with Crippen LogP contribution in [0.15, 0.2) is 12.1 Å². The van der Waals surface area contributed by atoms with E-state index < -0.39 is 0 Å². The van der Waals surface area contributed by atoms with Gasteiger partial charge in [0.05, 0.1) is 17.3 Å². The minimum absolute atomic E-state index is 0.149. The highest BCUT2D eigenvalue weighted by molar-refractivity contribution is 6.35. The lowest BCUT2D eigenvalue weighted by molar-refractivity contribution is 0.282. The lowest BCUT2D eigenvalue weighted by Crippen LogP contribution is -1.92. The molecule has 0 aliphatic heterocycles. The summed E-state index contributed by atoms with van der Waals surface area (Å²) in [6.45, 7) is -0.149. The molecule has 4 heteroatoms. The normalized spacial score (nSPS) is 10.1. The van der Waals surface area contributed by atoms with Crippen molar-refractivity contribution in [2.45, 2.75) is 6.61 Å². The van der Waals surface area contributed by atoms with Gasteiger partial charge in [0.25, 0.3) is 0 Å². The monoisotopic (exact) mass is 191 g/mol. The average molecular weight is 192 g/mol. The van der Waals surface area contributed by atoms with E-state index >= 15 is 0 Å². The van der Waals surface area contributed by atoms with Gasteiger partial charge in [-0.15, -0.1) is 0 Å². The molecule has 1 aromatic carbocycles. The summed E-state index contributed by atoms with van der Waals surface area (Å²) in [4.78, 5) is 0. The summed E-state index contributed by atoms with van der Waals surface area (Å²) in [7, 11) is 0. The van der Waals surface area contributed by atoms with E-state index in [0.717, 1.165) is 0 Å². The Morgan fingerprint density at radius 2 is 2.00 bits per heavy atom. The lowest BCUT2D eigenvalue weighted by atomic mass is 10.2. The highest BCUT2D eigenvalue weighted by Gasteiger charge is 2.03. The SMILES string of the molecule is Nc1cc(Cl)cc(CO)c1Cl. The first-order valence-electron chi connectivity index (χ1n) is 2.99. The third-order valence-electron chi connectivity index (χ3n) is 1.31. The molecule has 60 valence electrons. The summed E-state index contributed by atoms with van der Waals surface area (Å²) in [5.41, 5.74) is 6.41. The summed E-state index contributed by atoms with van der Waals surface area (Å²) in [5, 5.41) is 9.62. The van der Waals surface area contributed by atoms with E-state index in [2.05, 4.69) is 0 Å². The van der Waals surface area contributed by atoms with Crippen LogP contribution in [0.25, 0.3) is 0 Å². The smallest absolute Gasteiger partial charge is 0.0697 e. The van der Waals surface area contributed by atoms with Gasteiger partial charge in [0.15, 0.2) is 0 Å². The number of anilines is 1. The van der Waals surface area contributed by atoms with Gasteiger partial charge in [0, 0.05) is 5.02 Å². The maximum atomic E-state index is 8.77. The van der Waals surface area contributed by atoms with Crippen LogP contribution in [0.5, 0.6) is 0 Å². The zero-order chi connectivity index (χ0) is 8.43. The number of nitrogens with two attached hydrogens (primary N) is 1. The number of aliphatic hydroxyl groups is 1. The number of nitrogen functional groups attached to an aromatic ring is 1. The molecule has 0 aliphatic carbocycles. The van der Waals surface area contributed by atoms with Crippen LogP contribution in [0.1, 0.15) is 5.56 Å². The maximum Gasteiger partial charge on any atom is 0.0697 e. The number of hydrogen-bond acceptors (Lipinski definition) is 2. The summed E-state index contributed by atoms with van der Waals surface area (Å²) in [5.74, 6) is 0. The molecule has 0 bridgehead atoms. The standard InChI is InChI=1S/C7H7Cl2NO/c8-5-1-4(3-11)7(9)6(10)2-5/h1-2,11H,3,10H2. The van der Waals surface area contributed by atoms with Gasteiger partial charge in [-0.3, -0.25) is 0 Å². The van der Waals surface area contributed by atoms with Crippen molar-refractivity contribution in [2.24, 2.45) is 0 Å². The quantitative estimate of drug-likeness (QED) is 0.669. The first-order valence-corrected chi connectivity index (χ1v) is 3.75. The molecule has 2 nitrogen and oxygen atoms in total. The molecule has 0 heterocycles. The van der Waals surface area contributed by atoms with Crippen LogP contribution in [-0.2, 0) is 6.61 Å². The minimum Gasteiger partial charge on any atom is -0.397 e. The van der Waals surface area contributed by atoms with Gasteiger partial charge >= 0.3 is 0 Å². The van der Waals surface area contributed by atoms with Gasteiger partial charge in [-0.05, 0) is 17.7 Å². The van der Waals surface area contributed by atoms with E-state index in [-0.39, 0.29) is 6.61 Å². The van der Waals surface area contributed by atoms with Crippen molar-refractivity contribution in [1.82, 2.24) is 0 Å². The number of aliphatic hydroxyl groups excluding tert-OH is 1. The second-order valence-corrected chi connectivity index (χ2v) is 2.94. The fourth-order valence-electron chi connectivity index (χ4n) is 0.784. The van der Waals surface area contributed by atoms with Gasteiger partial charge in [0.2, 0.25) is 0 Å². The first-order chi connectivity index (χ1) is 5.15. The third-order valence-corrected chi connectivity index (χ3v) is 1.99. The molecular formula is C7H7Cl2NO. The molecule has 0 saturated carbocycles. The highest BCUT2D eigenvalue weighted by Crippen LogP contribution is 2.27. The van der Waals surface area contributed by atoms with Crippen LogP contribution in [0.4, 0.5) is 5.69 Å². The van der Waals surface area contributed by atoms with Crippen molar-refractivity contribution < 1.29 is 5.11 Å². The van der Waals surface area contributed by atoms with E-state index in [0.29, 0.717) is 21.3 Å². The average Bonchev–Trinajstić information content (AvgIpc) is 1.96.